The van der Waals surface area contributed by atoms with E-state index in [1.807, 2.05) is 0 Å². The second kappa shape index (κ2) is 5.36. The molecule has 0 saturated heterocycles. The van der Waals surface area contributed by atoms with E-state index in [-0.39, 0.29) is 12.2 Å². The molecule has 0 atom stereocenters. The molecular weight excluding hydrogens is 196 g/mol. The molecule has 4 nitrogen and oxygen atoms in total. The third-order valence-electron chi connectivity index (χ3n) is 2.15. The maximum Gasteiger partial charge on any atom is 0.339 e. The fraction of sp³-hybridized carbons (Fsp3) is 0.364. The van der Waals surface area contributed by atoms with Crippen LogP contribution in [0.25, 0.3) is 0 Å². The Kier molecular flexibility index (Phi) is 4.12. The van der Waals surface area contributed by atoms with Crippen molar-refractivity contribution in [2.45, 2.75) is 12.8 Å². The van der Waals surface area contributed by atoms with Gasteiger partial charge in [-0.1, -0.05) is 12.1 Å². The number of aryl methyl sites for hydroxylation is 1. The number of ether oxygens (including phenoxy) is 1. The number of aromatic carboxylic acids is 1. The van der Waals surface area contributed by atoms with Gasteiger partial charge >= 0.3 is 5.97 Å². The van der Waals surface area contributed by atoms with Crippen LogP contribution >= 0.6 is 0 Å². The summed E-state index contributed by atoms with van der Waals surface area (Å²) in [6.45, 7) is 0.0519. The Hall–Kier alpha value is -1.55. The van der Waals surface area contributed by atoms with Gasteiger partial charge in [-0.2, -0.15) is 0 Å². The minimum atomic E-state index is -1.000. The van der Waals surface area contributed by atoms with E-state index in [1.165, 1.54) is 7.11 Å². The Morgan fingerprint density at radius 3 is 2.73 bits per heavy atom. The Balaban J connectivity index is 3.07. The third-order valence-corrected chi connectivity index (χ3v) is 2.15. The smallest absolute Gasteiger partial charge is 0.339 e. The summed E-state index contributed by atoms with van der Waals surface area (Å²) in [7, 11) is 1.44. The molecular formula is C11H14O4. The first-order valence-corrected chi connectivity index (χ1v) is 4.70. The van der Waals surface area contributed by atoms with Gasteiger partial charge in [0, 0.05) is 6.61 Å². The van der Waals surface area contributed by atoms with Crippen LogP contribution in [-0.4, -0.2) is 29.9 Å². The van der Waals surface area contributed by atoms with Gasteiger partial charge in [0.15, 0.2) is 0 Å². The second-order valence-corrected chi connectivity index (χ2v) is 3.13. The number of carboxylic acids is 1. The van der Waals surface area contributed by atoms with Crippen molar-refractivity contribution in [2.24, 2.45) is 0 Å². The predicted octanol–water partition coefficient (Wildman–Crippen LogP) is 1.32. The Bertz CT molecular complexity index is 346. The average Bonchev–Trinajstić information content (AvgIpc) is 2.25. The molecule has 0 bridgehead atoms. The molecule has 0 aromatic heterocycles. The Morgan fingerprint density at radius 2 is 2.20 bits per heavy atom. The van der Waals surface area contributed by atoms with Crippen molar-refractivity contribution >= 4 is 5.97 Å². The molecule has 1 aromatic carbocycles. The highest BCUT2D eigenvalue weighted by molar-refractivity contribution is 5.92. The van der Waals surface area contributed by atoms with Crippen LogP contribution in [0.15, 0.2) is 18.2 Å². The lowest BCUT2D eigenvalue weighted by atomic mass is 10.0. The molecule has 2 N–H and O–H groups in total. The first-order valence-electron chi connectivity index (χ1n) is 4.70. The highest BCUT2D eigenvalue weighted by Gasteiger charge is 2.15. The summed E-state index contributed by atoms with van der Waals surface area (Å²) in [5.41, 5.74) is 0.879. The van der Waals surface area contributed by atoms with Crippen LogP contribution in [0.5, 0.6) is 5.75 Å². The van der Waals surface area contributed by atoms with Gasteiger partial charge < -0.3 is 14.9 Å². The summed E-state index contributed by atoms with van der Waals surface area (Å²) in [5.74, 6) is -0.640. The highest BCUT2D eigenvalue weighted by atomic mass is 16.5. The monoisotopic (exact) mass is 210 g/mol. The van der Waals surface area contributed by atoms with Crippen LogP contribution in [0.3, 0.4) is 0 Å². The molecule has 0 aliphatic rings. The third kappa shape index (κ3) is 2.70. The minimum absolute atomic E-state index is 0.0519. The number of carboxylic acid groups (broad SMARTS) is 1. The number of aliphatic hydroxyl groups excluding tert-OH is 1. The van der Waals surface area contributed by atoms with Crippen LogP contribution < -0.4 is 4.74 Å². The molecule has 4 heteroatoms. The zero-order valence-corrected chi connectivity index (χ0v) is 8.56. The predicted molar refractivity (Wildman–Crippen MR) is 55.4 cm³/mol. The van der Waals surface area contributed by atoms with E-state index in [2.05, 4.69) is 0 Å². The van der Waals surface area contributed by atoms with Crippen molar-refractivity contribution in [2.75, 3.05) is 13.7 Å². The molecule has 0 saturated carbocycles. The van der Waals surface area contributed by atoms with Crippen LogP contribution in [0, 0.1) is 0 Å². The van der Waals surface area contributed by atoms with Crippen molar-refractivity contribution in [3.63, 3.8) is 0 Å². The summed E-state index contributed by atoms with van der Waals surface area (Å²) in [6, 6.07) is 5.10. The molecule has 0 heterocycles. The topological polar surface area (TPSA) is 66.8 Å². The average molecular weight is 210 g/mol. The van der Waals surface area contributed by atoms with Gasteiger partial charge in [-0.15, -0.1) is 0 Å². The zero-order chi connectivity index (χ0) is 11.3. The van der Waals surface area contributed by atoms with Crippen LogP contribution in [0.4, 0.5) is 0 Å². The van der Waals surface area contributed by atoms with Crippen LogP contribution in [0.2, 0.25) is 0 Å². The highest BCUT2D eigenvalue weighted by Crippen LogP contribution is 2.23. The maximum atomic E-state index is 11.0. The number of carbonyl (C=O) groups is 1. The summed E-state index contributed by atoms with van der Waals surface area (Å²) in [5, 5.41) is 17.7. The van der Waals surface area contributed by atoms with E-state index < -0.39 is 5.97 Å². The lowest BCUT2D eigenvalue weighted by molar-refractivity contribution is 0.0692. The van der Waals surface area contributed by atoms with Gasteiger partial charge in [0.2, 0.25) is 0 Å². The van der Waals surface area contributed by atoms with Crippen LogP contribution in [-0.2, 0) is 6.42 Å². The van der Waals surface area contributed by atoms with Crippen molar-refractivity contribution < 1.29 is 19.7 Å². The summed E-state index contributed by atoms with van der Waals surface area (Å²) < 4.78 is 4.98. The zero-order valence-electron chi connectivity index (χ0n) is 8.56. The van der Waals surface area contributed by atoms with E-state index in [1.54, 1.807) is 18.2 Å². The fourth-order valence-corrected chi connectivity index (χ4v) is 1.47. The standard InChI is InChI=1S/C11H14O4/c1-15-9-6-2-4-8(5-3-7-12)10(9)11(13)14/h2,4,6,12H,3,5,7H2,1H3,(H,13,14). The molecule has 0 radical (unpaired) electrons. The van der Waals surface area contributed by atoms with E-state index in [9.17, 15) is 4.79 Å². The number of rotatable bonds is 5. The lowest BCUT2D eigenvalue weighted by Crippen LogP contribution is -2.06. The van der Waals surface area contributed by atoms with Crippen LogP contribution in [0.1, 0.15) is 22.3 Å². The summed E-state index contributed by atoms with van der Waals surface area (Å²) in [4.78, 5) is 11.0. The molecule has 0 aliphatic heterocycles. The fourth-order valence-electron chi connectivity index (χ4n) is 1.47. The molecule has 0 spiro atoms. The molecule has 1 aromatic rings. The first kappa shape index (κ1) is 11.5. The minimum Gasteiger partial charge on any atom is -0.496 e. The van der Waals surface area contributed by atoms with Crippen molar-refractivity contribution in [1.29, 1.82) is 0 Å². The molecule has 0 unspecified atom stereocenters. The van der Waals surface area contributed by atoms with Gasteiger partial charge in [-0.3, -0.25) is 0 Å². The second-order valence-electron chi connectivity index (χ2n) is 3.13. The summed E-state index contributed by atoms with van der Waals surface area (Å²) >= 11 is 0. The van der Waals surface area contributed by atoms with Gasteiger partial charge in [0.25, 0.3) is 0 Å². The number of methoxy groups -OCH3 is 1. The number of hydrogen-bond donors (Lipinski definition) is 2. The number of hydrogen-bond acceptors (Lipinski definition) is 3. The van der Waals surface area contributed by atoms with E-state index in [0.717, 1.165) is 0 Å². The largest absolute Gasteiger partial charge is 0.496 e. The first-order chi connectivity index (χ1) is 7.20. The van der Waals surface area contributed by atoms with Crippen molar-refractivity contribution in [1.82, 2.24) is 0 Å². The van der Waals surface area contributed by atoms with Gasteiger partial charge in [0.1, 0.15) is 11.3 Å². The van der Waals surface area contributed by atoms with E-state index in [0.29, 0.717) is 24.2 Å². The SMILES string of the molecule is COc1cccc(CCCO)c1C(=O)O. The molecule has 0 amide bonds. The number of aliphatic hydroxyl groups is 1. The summed E-state index contributed by atoms with van der Waals surface area (Å²) in [6.07, 6.45) is 1.09. The van der Waals surface area contributed by atoms with Gasteiger partial charge in [-0.25, -0.2) is 4.79 Å². The number of benzene rings is 1. The molecule has 0 fully saturated rings. The quantitative estimate of drug-likeness (QED) is 0.769. The van der Waals surface area contributed by atoms with Gasteiger partial charge in [-0.05, 0) is 24.5 Å². The van der Waals surface area contributed by atoms with Crippen molar-refractivity contribution in [3.8, 4) is 5.75 Å². The lowest BCUT2D eigenvalue weighted by Gasteiger charge is -2.09. The Morgan fingerprint density at radius 1 is 1.47 bits per heavy atom. The molecule has 0 aliphatic carbocycles. The molecule has 82 valence electrons. The molecule has 1 rings (SSSR count). The molecule has 15 heavy (non-hydrogen) atoms. The maximum absolute atomic E-state index is 11.0. The van der Waals surface area contributed by atoms with E-state index >= 15 is 0 Å². The van der Waals surface area contributed by atoms with Crippen molar-refractivity contribution in [3.05, 3.63) is 29.3 Å². The Labute approximate surface area is 88.1 Å². The normalized spacial score (nSPS) is 10.0. The van der Waals surface area contributed by atoms with Gasteiger partial charge in [0.05, 0.1) is 7.11 Å². The van der Waals surface area contributed by atoms with E-state index in [4.69, 9.17) is 14.9 Å².